The van der Waals surface area contributed by atoms with Gasteiger partial charge in [-0.25, -0.2) is 5.43 Å². The Balaban J connectivity index is 1.85. The Hall–Kier alpha value is -2.21. The van der Waals surface area contributed by atoms with Gasteiger partial charge in [0.25, 0.3) is 5.91 Å². The summed E-state index contributed by atoms with van der Waals surface area (Å²) in [5.74, 6) is -0.345. The Bertz CT molecular complexity index is 643. The molecule has 1 aromatic heterocycles. The summed E-state index contributed by atoms with van der Waals surface area (Å²) < 4.78 is 1.03. The summed E-state index contributed by atoms with van der Waals surface area (Å²) in [7, 11) is 0. The number of benzene rings is 1. The Morgan fingerprint density at radius 3 is 2.80 bits per heavy atom. The van der Waals surface area contributed by atoms with E-state index in [4.69, 9.17) is 0 Å². The molecule has 0 unspecified atom stereocenters. The molecule has 0 aliphatic heterocycles. The molecular formula is C14H13BrN4O. The molecule has 1 heterocycles. The van der Waals surface area contributed by atoms with E-state index in [1.165, 1.54) is 6.21 Å². The van der Waals surface area contributed by atoms with E-state index >= 15 is 0 Å². The summed E-state index contributed by atoms with van der Waals surface area (Å²) in [4.78, 5) is 11.6. The van der Waals surface area contributed by atoms with Crippen molar-refractivity contribution in [3.05, 3.63) is 57.8 Å². The van der Waals surface area contributed by atoms with E-state index in [-0.39, 0.29) is 5.91 Å². The molecule has 0 saturated carbocycles. The Morgan fingerprint density at radius 2 is 2.15 bits per heavy atom. The molecule has 0 radical (unpaired) electrons. The van der Waals surface area contributed by atoms with Gasteiger partial charge in [-0.3, -0.25) is 9.89 Å². The Kier molecular flexibility index (Phi) is 4.84. The van der Waals surface area contributed by atoms with Gasteiger partial charge in [-0.2, -0.15) is 10.2 Å². The monoisotopic (exact) mass is 332 g/mol. The standard InChI is InChI=1S/C14H13BrN4O/c1-10-9-13(18-17-10)14(20)19-16-8-2-3-11-4-6-12(15)7-5-11/h2-9H,1H3,(H,17,18)(H,19,20)/b3-2+,16-8-. The van der Waals surface area contributed by atoms with Crippen LogP contribution in [-0.2, 0) is 0 Å². The van der Waals surface area contributed by atoms with Crippen molar-refractivity contribution in [3.8, 4) is 0 Å². The van der Waals surface area contributed by atoms with E-state index in [9.17, 15) is 4.79 Å². The first-order valence-corrected chi connectivity index (χ1v) is 6.72. The van der Waals surface area contributed by atoms with Gasteiger partial charge in [-0.15, -0.1) is 0 Å². The highest BCUT2D eigenvalue weighted by Gasteiger charge is 2.06. The summed E-state index contributed by atoms with van der Waals surface area (Å²) in [6.45, 7) is 1.83. The quantitative estimate of drug-likeness (QED) is 0.667. The van der Waals surface area contributed by atoms with Crippen LogP contribution in [0.2, 0.25) is 0 Å². The first-order valence-electron chi connectivity index (χ1n) is 5.93. The van der Waals surface area contributed by atoms with Gasteiger partial charge in [0.2, 0.25) is 0 Å². The second-order valence-electron chi connectivity index (χ2n) is 4.07. The van der Waals surface area contributed by atoms with Crippen LogP contribution in [0.15, 0.2) is 46.0 Å². The van der Waals surface area contributed by atoms with E-state index in [0.717, 1.165) is 15.7 Å². The number of carbonyl (C=O) groups is 1. The van der Waals surface area contributed by atoms with Crippen LogP contribution in [0.25, 0.3) is 6.08 Å². The molecule has 2 rings (SSSR count). The molecule has 0 fully saturated rings. The second-order valence-corrected chi connectivity index (χ2v) is 4.98. The average Bonchev–Trinajstić information content (AvgIpc) is 2.87. The molecule has 0 spiro atoms. The van der Waals surface area contributed by atoms with Crippen LogP contribution in [0.5, 0.6) is 0 Å². The number of rotatable bonds is 4. The van der Waals surface area contributed by atoms with Gasteiger partial charge in [-0.05, 0) is 36.8 Å². The lowest BCUT2D eigenvalue weighted by Gasteiger charge is -1.93. The predicted molar refractivity (Wildman–Crippen MR) is 82.5 cm³/mol. The highest BCUT2D eigenvalue weighted by atomic mass is 79.9. The first-order chi connectivity index (χ1) is 9.65. The van der Waals surface area contributed by atoms with Crippen molar-refractivity contribution < 1.29 is 4.79 Å². The number of hydrazone groups is 1. The maximum absolute atomic E-state index is 11.6. The normalized spacial score (nSPS) is 11.3. The van der Waals surface area contributed by atoms with Crippen LogP contribution in [0.4, 0.5) is 0 Å². The van der Waals surface area contributed by atoms with Crippen LogP contribution in [-0.4, -0.2) is 22.3 Å². The van der Waals surface area contributed by atoms with Gasteiger partial charge in [-0.1, -0.05) is 34.1 Å². The number of allylic oxidation sites excluding steroid dienone is 1. The van der Waals surface area contributed by atoms with Crippen molar-refractivity contribution in [1.82, 2.24) is 15.6 Å². The highest BCUT2D eigenvalue weighted by Crippen LogP contribution is 2.11. The molecule has 0 aliphatic carbocycles. The van der Waals surface area contributed by atoms with Crippen molar-refractivity contribution in [2.24, 2.45) is 5.10 Å². The topological polar surface area (TPSA) is 70.1 Å². The lowest BCUT2D eigenvalue weighted by molar-refractivity contribution is 0.0950. The third-order valence-electron chi connectivity index (χ3n) is 2.42. The number of H-pyrrole nitrogens is 1. The molecule has 0 saturated heterocycles. The van der Waals surface area contributed by atoms with Gasteiger partial charge < -0.3 is 0 Å². The zero-order valence-electron chi connectivity index (χ0n) is 10.8. The van der Waals surface area contributed by atoms with Crippen molar-refractivity contribution in [2.45, 2.75) is 6.92 Å². The smallest absolute Gasteiger partial charge is 0.282 e. The maximum atomic E-state index is 11.6. The fourth-order valence-corrected chi connectivity index (χ4v) is 1.72. The van der Waals surface area contributed by atoms with Crippen LogP contribution >= 0.6 is 15.9 Å². The lowest BCUT2D eigenvalue weighted by atomic mass is 10.2. The molecule has 6 heteroatoms. The minimum absolute atomic E-state index is 0.316. The number of aromatic amines is 1. The van der Waals surface area contributed by atoms with Crippen LogP contribution < -0.4 is 5.43 Å². The lowest BCUT2D eigenvalue weighted by Crippen LogP contribution is -2.17. The minimum atomic E-state index is -0.345. The molecular weight excluding hydrogens is 320 g/mol. The Morgan fingerprint density at radius 1 is 1.40 bits per heavy atom. The summed E-state index contributed by atoms with van der Waals surface area (Å²) in [5.41, 5.74) is 4.59. The summed E-state index contributed by atoms with van der Waals surface area (Å²) >= 11 is 3.37. The summed E-state index contributed by atoms with van der Waals surface area (Å²) in [5, 5.41) is 10.3. The zero-order chi connectivity index (χ0) is 14.4. The predicted octanol–water partition coefficient (Wildman–Crippen LogP) is 2.91. The number of nitrogens with zero attached hydrogens (tertiary/aromatic N) is 2. The van der Waals surface area contributed by atoms with Gasteiger partial charge in [0.15, 0.2) is 5.69 Å². The zero-order valence-corrected chi connectivity index (χ0v) is 12.4. The second kappa shape index (κ2) is 6.81. The number of aryl methyl sites for hydroxylation is 1. The van der Waals surface area contributed by atoms with Crippen molar-refractivity contribution in [1.29, 1.82) is 0 Å². The number of hydrogen-bond donors (Lipinski definition) is 2. The van der Waals surface area contributed by atoms with Gasteiger partial charge >= 0.3 is 0 Å². The number of nitrogens with one attached hydrogen (secondary N) is 2. The van der Waals surface area contributed by atoms with E-state index < -0.39 is 0 Å². The largest absolute Gasteiger partial charge is 0.291 e. The molecule has 0 bridgehead atoms. The third-order valence-corrected chi connectivity index (χ3v) is 2.95. The van der Waals surface area contributed by atoms with E-state index in [1.54, 1.807) is 12.1 Å². The molecule has 1 amide bonds. The van der Waals surface area contributed by atoms with Gasteiger partial charge in [0.1, 0.15) is 0 Å². The SMILES string of the molecule is Cc1cc(C(=O)N/N=C\C=C\c2ccc(Br)cc2)n[nH]1. The molecule has 2 N–H and O–H groups in total. The molecule has 102 valence electrons. The van der Waals surface area contributed by atoms with E-state index in [2.05, 4.69) is 36.7 Å². The van der Waals surface area contributed by atoms with Crippen molar-refractivity contribution >= 4 is 34.1 Å². The molecule has 1 aromatic carbocycles. The van der Waals surface area contributed by atoms with Crippen molar-refractivity contribution in [3.63, 3.8) is 0 Å². The molecule has 5 nitrogen and oxygen atoms in total. The van der Waals surface area contributed by atoms with E-state index in [0.29, 0.717) is 5.69 Å². The number of hydrogen-bond acceptors (Lipinski definition) is 3. The Labute approximate surface area is 124 Å². The number of aromatic nitrogens is 2. The highest BCUT2D eigenvalue weighted by molar-refractivity contribution is 9.10. The first kappa shape index (κ1) is 14.2. The third kappa shape index (κ3) is 4.17. The van der Waals surface area contributed by atoms with Crippen LogP contribution in [0, 0.1) is 6.92 Å². The summed E-state index contributed by atoms with van der Waals surface area (Å²) in [6, 6.07) is 9.51. The fraction of sp³-hybridized carbons (Fsp3) is 0.0714. The molecule has 2 aromatic rings. The molecule has 20 heavy (non-hydrogen) atoms. The van der Waals surface area contributed by atoms with Crippen LogP contribution in [0.1, 0.15) is 21.7 Å². The minimum Gasteiger partial charge on any atom is -0.282 e. The molecule has 0 atom stereocenters. The van der Waals surface area contributed by atoms with Gasteiger partial charge in [0, 0.05) is 16.4 Å². The van der Waals surface area contributed by atoms with Crippen molar-refractivity contribution in [2.75, 3.05) is 0 Å². The fourth-order valence-electron chi connectivity index (χ4n) is 1.46. The summed E-state index contributed by atoms with van der Waals surface area (Å²) in [6.07, 6.45) is 5.15. The molecule has 0 aliphatic rings. The van der Waals surface area contributed by atoms with E-state index in [1.807, 2.05) is 37.3 Å². The maximum Gasteiger partial charge on any atom is 0.291 e. The number of amides is 1. The number of halogens is 1. The number of carbonyl (C=O) groups excluding carboxylic acids is 1. The van der Waals surface area contributed by atoms with Gasteiger partial charge in [0.05, 0.1) is 0 Å². The average molecular weight is 333 g/mol. The van der Waals surface area contributed by atoms with Crippen LogP contribution in [0.3, 0.4) is 0 Å².